The summed E-state index contributed by atoms with van der Waals surface area (Å²) in [5.41, 5.74) is 0. The van der Waals surface area contributed by atoms with Gasteiger partial charge in [0, 0.05) is 0 Å². The Labute approximate surface area is 160 Å². The van der Waals surface area contributed by atoms with Crippen LogP contribution >= 0.6 is 0 Å². The minimum Gasteiger partial charge on any atom is -0.0662 e. The van der Waals surface area contributed by atoms with Crippen LogP contribution in [0.3, 0.4) is 0 Å². The topological polar surface area (TPSA) is 0 Å². The minimum atomic E-state index is -1.99. The van der Waals surface area contributed by atoms with Gasteiger partial charge in [0.05, 0.1) is 7.59 Å². The van der Waals surface area contributed by atoms with Crippen LogP contribution in [0.5, 0.6) is 0 Å². The molecule has 1 atom stereocenters. The van der Waals surface area contributed by atoms with Crippen LogP contribution in [0.1, 0.15) is 20.8 Å². The molecule has 0 radical (unpaired) electrons. The average molecular weight is 375 g/mol. The summed E-state index contributed by atoms with van der Waals surface area (Å²) in [6.45, 7) is 12.6. The summed E-state index contributed by atoms with van der Waals surface area (Å²) in [6.07, 6.45) is 0. The van der Waals surface area contributed by atoms with Gasteiger partial charge in [0.15, 0.2) is 0 Å². The Morgan fingerprint density at radius 3 is 1.12 bits per heavy atom. The Morgan fingerprint density at radius 1 is 0.500 bits per heavy atom. The molecule has 0 fully saturated rings. The highest BCUT2D eigenvalue weighted by molar-refractivity contribution is 7.55. The van der Waals surface area contributed by atoms with E-state index in [-0.39, 0.29) is 5.04 Å². The average Bonchev–Trinajstić information content (AvgIpc) is 2.68. The molecule has 134 valence electrons. The molecule has 0 aliphatic heterocycles. The zero-order valence-electron chi connectivity index (χ0n) is 16.7. The van der Waals surface area contributed by atoms with Gasteiger partial charge in [-0.05, 0) is 5.04 Å². The molecule has 0 aromatic heterocycles. The molecule has 0 saturated heterocycles. The molecule has 0 aliphatic carbocycles. The second-order valence-corrected chi connectivity index (χ2v) is 22.3. The summed E-state index contributed by atoms with van der Waals surface area (Å²) in [4.78, 5) is 0. The number of hydrogen-bond donors (Lipinski definition) is 0. The molecule has 3 aromatic carbocycles. The summed E-state index contributed by atoms with van der Waals surface area (Å²) >= 11 is 0. The molecule has 0 aliphatic rings. The first-order chi connectivity index (χ1) is 12.3. The van der Waals surface area contributed by atoms with Crippen LogP contribution < -0.4 is 15.6 Å². The zero-order valence-corrected chi connectivity index (χ0v) is 18.7. The maximum atomic E-state index is 2.63. The van der Waals surface area contributed by atoms with Gasteiger partial charge in [-0.3, -0.25) is 0 Å². The molecule has 26 heavy (non-hydrogen) atoms. The normalized spacial score (nSPS) is 14.7. The Morgan fingerprint density at radius 2 is 0.808 bits per heavy atom. The fourth-order valence-corrected chi connectivity index (χ4v) is 22.7. The fraction of sp³-hybridized carbons (Fsp3) is 0.250. The molecule has 0 spiro atoms. The van der Waals surface area contributed by atoms with Gasteiger partial charge in [0.25, 0.3) is 0 Å². The van der Waals surface area contributed by atoms with Crippen LogP contribution in [0, 0.1) is 0 Å². The standard InChI is InChI=1S/C24H30Si2/c1-24(2,3)26(5,23-19-13-8-14-20-23)25(4,21-15-9-6-10-16-21)22-17-11-7-12-18-22/h6-20H,1-5H3. The van der Waals surface area contributed by atoms with Gasteiger partial charge in [-0.25, -0.2) is 0 Å². The molecule has 0 amide bonds. The van der Waals surface area contributed by atoms with Gasteiger partial charge in [-0.2, -0.15) is 0 Å². The van der Waals surface area contributed by atoms with Crippen molar-refractivity contribution in [3.8, 4) is 0 Å². The molecule has 0 heterocycles. The summed E-state index contributed by atoms with van der Waals surface area (Å²) < 4.78 is 0. The molecular formula is C24H30Si2. The maximum absolute atomic E-state index is 2.63. The van der Waals surface area contributed by atoms with E-state index in [9.17, 15) is 0 Å². The third kappa shape index (κ3) is 2.91. The predicted octanol–water partition coefficient (Wildman–Crippen LogP) is 4.74. The lowest BCUT2D eigenvalue weighted by atomic mass is 10.2. The quantitative estimate of drug-likeness (QED) is 0.578. The molecule has 3 aromatic rings. The third-order valence-electron chi connectivity index (χ3n) is 6.55. The van der Waals surface area contributed by atoms with Gasteiger partial charge in [0.1, 0.15) is 7.59 Å². The lowest BCUT2D eigenvalue weighted by Crippen LogP contribution is -2.81. The van der Waals surface area contributed by atoms with Crippen molar-refractivity contribution in [1.82, 2.24) is 0 Å². The van der Waals surface area contributed by atoms with Crippen LogP contribution in [0.2, 0.25) is 18.1 Å². The van der Waals surface area contributed by atoms with Crippen LogP contribution in [0.15, 0.2) is 91.0 Å². The number of benzene rings is 3. The Bertz CT molecular complexity index is 796. The summed E-state index contributed by atoms with van der Waals surface area (Å²) in [5.74, 6) is 0. The van der Waals surface area contributed by atoms with E-state index in [1.54, 1.807) is 15.6 Å². The first kappa shape index (κ1) is 18.9. The summed E-state index contributed by atoms with van der Waals surface area (Å²) in [7, 11) is -3.92. The lowest BCUT2D eigenvalue weighted by molar-refractivity contribution is 0.738. The molecule has 0 bridgehead atoms. The highest BCUT2D eigenvalue weighted by Crippen LogP contribution is 2.41. The van der Waals surface area contributed by atoms with E-state index in [1.165, 1.54) is 0 Å². The number of hydrogen-bond acceptors (Lipinski definition) is 0. The van der Waals surface area contributed by atoms with Crippen molar-refractivity contribution in [1.29, 1.82) is 0 Å². The second kappa shape index (κ2) is 7.01. The van der Waals surface area contributed by atoms with E-state index in [1.807, 2.05) is 0 Å². The van der Waals surface area contributed by atoms with Crippen molar-refractivity contribution < 1.29 is 0 Å². The van der Waals surface area contributed by atoms with Crippen LogP contribution in [-0.2, 0) is 0 Å². The highest BCUT2D eigenvalue weighted by atomic mass is 29.3. The Kier molecular flexibility index (Phi) is 5.09. The van der Waals surface area contributed by atoms with E-state index in [2.05, 4.69) is 125 Å². The van der Waals surface area contributed by atoms with E-state index >= 15 is 0 Å². The van der Waals surface area contributed by atoms with Gasteiger partial charge in [0.2, 0.25) is 0 Å². The molecule has 1 unspecified atom stereocenters. The SMILES string of the molecule is CC(C)(C)[Si](C)(c1ccccc1)[Si](C)(c1ccccc1)c1ccccc1. The minimum absolute atomic E-state index is 0.251. The van der Waals surface area contributed by atoms with E-state index in [0.717, 1.165) is 0 Å². The Hall–Kier alpha value is -1.91. The van der Waals surface area contributed by atoms with Crippen molar-refractivity contribution in [2.75, 3.05) is 0 Å². The van der Waals surface area contributed by atoms with E-state index in [4.69, 9.17) is 0 Å². The van der Waals surface area contributed by atoms with Crippen molar-refractivity contribution in [3.63, 3.8) is 0 Å². The molecule has 0 nitrogen and oxygen atoms in total. The van der Waals surface area contributed by atoms with Gasteiger partial charge < -0.3 is 0 Å². The fourth-order valence-electron chi connectivity index (χ4n) is 4.53. The largest absolute Gasteiger partial charge is 0.113 e. The van der Waals surface area contributed by atoms with Gasteiger partial charge >= 0.3 is 0 Å². The third-order valence-corrected chi connectivity index (χ3v) is 26.9. The molecule has 2 heteroatoms. The maximum Gasteiger partial charge on any atom is 0.113 e. The number of rotatable bonds is 4. The summed E-state index contributed by atoms with van der Waals surface area (Å²) in [5, 5.41) is 4.94. The molecule has 0 saturated carbocycles. The molecular weight excluding hydrogens is 344 g/mol. The first-order valence-corrected chi connectivity index (χ1v) is 15.5. The lowest BCUT2D eigenvalue weighted by Gasteiger charge is -2.52. The second-order valence-electron chi connectivity index (χ2n) is 8.60. The zero-order chi connectivity index (χ0) is 18.8. The van der Waals surface area contributed by atoms with E-state index < -0.39 is 15.2 Å². The monoisotopic (exact) mass is 374 g/mol. The van der Waals surface area contributed by atoms with Crippen LogP contribution in [-0.4, -0.2) is 15.2 Å². The summed E-state index contributed by atoms with van der Waals surface area (Å²) in [6, 6.07) is 34.0. The predicted molar refractivity (Wildman–Crippen MR) is 121 cm³/mol. The van der Waals surface area contributed by atoms with E-state index in [0.29, 0.717) is 0 Å². The Balaban J connectivity index is 2.39. The van der Waals surface area contributed by atoms with Gasteiger partial charge in [-0.1, -0.05) is 140 Å². The highest BCUT2D eigenvalue weighted by Gasteiger charge is 2.57. The van der Waals surface area contributed by atoms with Crippen molar-refractivity contribution in [3.05, 3.63) is 91.0 Å². The van der Waals surface area contributed by atoms with Crippen molar-refractivity contribution in [2.24, 2.45) is 0 Å². The van der Waals surface area contributed by atoms with Crippen LogP contribution in [0.25, 0.3) is 0 Å². The van der Waals surface area contributed by atoms with Gasteiger partial charge in [-0.15, -0.1) is 0 Å². The molecule has 0 N–H and O–H groups in total. The van der Waals surface area contributed by atoms with Crippen molar-refractivity contribution in [2.45, 2.75) is 38.9 Å². The van der Waals surface area contributed by atoms with Crippen LogP contribution in [0.4, 0.5) is 0 Å². The van der Waals surface area contributed by atoms with Crippen molar-refractivity contribution >= 4 is 30.7 Å². The molecule has 3 rings (SSSR count). The first-order valence-electron chi connectivity index (χ1n) is 9.48. The smallest absolute Gasteiger partial charge is 0.0662 e.